The maximum Gasteiger partial charge on any atom is 0.329 e. The van der Waals surface area contributed by atoms with Crippen LogP contribution in [0.25, 0.3) is 0 Å². The Kier molecular flexibility index (Phi) is 5.99. The SMILES string of the molecule is CCC(CC)(NC(=O)N1CCCN(C(C)=O)CC1)C(=O)O. The summed E-state index contributed by atoms with van der Waals surface area (Å²) in [7, 11) is 0. The Hall–Kier alpha value is -1.79. The highest BCUT2D eigenvalue weighted by molar-refractivity contribution is 5.86. The first kappa shape index (κ1) is 17.3. The summed E-state index contributed by atoms with van der Waals surface area (Å²) in [6.45, 7) is 7.08. The Balaban J connectivity index is 2.71. The molecule has 0 atom stereocenters. The molecule has 1 heterocycles. The summed E-state index contributed by atoms with van der Waals surface area (Å²) < 4.78 is 0. The zero-order chi connectivity index (χ0) is 16.0. The highest BCUT2D eigenvalue weighted by Gasteiger charge is 2.37. The van der Waals surface area contributed by atoms with Crippen LogP contribution in [0.1, 0.15) is 40.0 Å². The fourth-order valence-electron chi connectivity index (χ4n) is 2.50. The van der Waals surface area contributed by atoms with Crippen LogP contribution in [0.3, 0.4) is 0 Å². The van der Waals surface area contributed by atoms with Gasteiger partial charge in [-0.15, -0.1) is 0 Å². The number of urea groups is 1. The Morgan fingerprint density at radius 2 is 1.57 bits per heavy atom. The van der Waals surface area contributed by atoms with Crippen LogP contribution in [0.15, 0.2) is 0 Å². The minimum absolute atomic E-state index is 0.000688. The molecule has 7 heteroatoms. The van der Waals surface area contributed by atoms with Crippen LogP contribution in [-0.2, 0) is 9.59 Å². The van der Waals surface area contributed by atoms with Gasteiger partial charge in [0.15, 0.2) is 0 Å². The molecule has 1 fully saturated rings. The third-order valence-corrected chi connectivity index (χ3v) is 4.19. The van der Waals surface area contributed by atoms with Gasteiger partial charge in [0.1, 0.15) is 5.54 Å². The first-order valence-corrected chi connectivity index (χ1v) is 7.42. The standard InChI is InChI=1S/C14H25N3O4/c1-4-14(5-2,12(19)20)15-13(21)17-8-6-7-16(9-10-17)11(3)18/h4-10H2,1-3H3,(H,15,21)(H,19,20). The third-order valence-electron chi connectivity index (χ3n) is 4.19. The Labute approximate surface area is 125 Å². The number of carbonyl (C=O) groups is 3. The molecular weight excluding hydrogens is 274 g/mol. The molecule has 1 aliphatic heterocycles. The topological polar surface area (TPSA) is 90.0 Å². The van der Waals surface area contributed by atoms with E-state index < -0.39 is 11.5 Å². The highest BCUT2D eigenvalue weighted by atomic mass is 16.4. The predicted octanol–water partition coefficient (Wildman–Crippen LogP) is 0.894. The molecule has 0 aromatic heterocycles. The van der Waals surface area contributed by atoms with Crippen molar-refractivity contribution >= 4 is 17.9 Å². The summed E-state index contributed by atoms with van der Waals surface area (Å²) >= 11 is 0. The molecule has 0 saturated carbocycles. The van der Waals surface area contributed by atoms with E-state index in [2.05, 4.69) is 5.32 Å². The fourth-order valence-corrected chi connectivity index (χ4v) is 2.50. The summed E-state index contributed by atoms with van der Waals surface area (Å²) in [5.74, 6) is -1.01. The predicted molar refractivity (Wildman–Crippen MR) is 77.9 cm³/mol. The van der Waals surface area contributed by atoms with Gasteiger partial charge < -0.3 is 20.2 Å². The number of carboxylic acid groups (broad SMARTS) is 1. The van der Waals surface area contributed by atoms with Crippen molar-refractivity contribution in [3.8, 4) is 0 Å². The smallest absolute Gasteiger partial charge is 0.329 e. The van der Waals surface area contributed by atoms with Crippen LogP contribution in [0.5, 0.6) is 0 Å². The number of hydrogen-bond acceptors (Lipinski definition) is 3. The van der Waals surface area contributed by atoms with Gasteiger partial charge in [0, 0.05) is 33.1 Å². The van der Waals surface area contributed by atoms with E-state index in [0.717, 1.165) is 0 Å². The van der Waals surface area contributed by atoms with Gasteiger partial charge in [-0.3, -0.25) is 4.79 Å². The maximum absolute atomic E-state index is 12.3. The lowest BCUT2D eigenvalue weighted by atomic mass is 9.93. The normalized spacial score (nSPS) is 16.3. The van der Waals surface area contributed by atoms with Crippen LogP contribution >= 0.6 is 0 Å². The second-order valence-electron chi connectivity index (χ2n) is 5.37. The van der Waals surface area contributed by atoms with Crippen LogP contribution in [0.4, 0.5) is 4.79 Å². The second kappa shape index (κ2) is 7.28. The van der Waals surface area contributed by atoms with Crippen LogP contribution in [-0.4, -0.2) is 64.5 Å². The zero-order valence-electron chi connectivity index (χ0n) is 13.0. The van der Waals surface area contributed by atoms with Crippen molar-refractivity contribution in [2.24, 2.45) is 0 Å². The number of carbonyl (C=O) groups excluding carboxylic acids is 2. The fraction of sp³-hybridized carbons (Fsp3) is 0.786. The highest BCUT2D eigenvalue weighted by Crippen LogP contribution is 2.16. The van der Waals surface area contributed by atoms with Gasteiger partial charge in [0.2, 0.25) is 5.91 Å². The van der Waals surface area contributed by atoms with E-state index >= 15 is 0 Å². The molecule has 2 N–H and O–H groups in total. The first-order valence-electron chi connectivity index (χ1n) is 7.42. The Morgan fingerprint density at radius 1 is 1.05 bits per heavy atom. The summed E-state index contributed by atoms with van der Waals surface area (Å²) in [4.78, 5) is 38.4. The molecule has 1 aliphatic rings. The minimum Gasteiger partial charge on any atom is -0.480 e. The third kappa shape index (κ3) is 4.09. The monoisotopic (exact) mass is 299 g/mol. The molecule has 0 unspecified atom stereocenters. The summed E-state index contributed by atoms with van der Waals surface area (Å²) in [6.07, 6.45) is 1.36. The van der Waals surface area contributed by atoms with Gasteiger partial charge in [-0.05, 0) is 19.3 Å². The van der Waals surface area contributed by atoms with E-state index in [0.29, 0.717) is 45.4 Å². The molecule has 120 valence electrons. The number of rotatable bonds is 4. The minimum atomic E-state index is -1.22. The second-order valence-corrected chi connectivity index (χ2v) is 5.37. The number of nitrogens with zero attached hydrogens (tertiary/aromatic N) is 2. The molecule has 0 radical (unpaired) electrons. The molecule has 1 saturated heterocycles. The van der Waals surface area contributed by atoms with Crippen molar-refractivity contribution in [3.63, 3.8) is 0 Å². The van der Waals surface area contributed by atoms with Crippen molar-refractivity contribution in [2.45, 2.75) is 45.6 Å². The summed E-state index contributed by atoms with van der Waals surface area (Å²) in [5, 5.41) is 12.0. The van der Waals surface area contributed by atoms with E-state index in [9.17, 15) is 19.5 Å². The number of nitrogens with one attached hydrogen (secondary N) is 1. The van der Waals surface area contributed by atoms with E-state index in [1.165, 1.54) is 6.92 Å². The summed E-state index contributed by atoms with van der Waals surface area (Å²) in [5.41, 5.74) is -1.22. The van der Waals surface area contributed by atoms with Crippen molar-refractivity contribution in [3.05, 3.63) is 0 Å². The van der Waals surface area contributed by atoms with Gasteiger partial charge in [-0.25, -0.2) is 9.59 Å². The van der Waals surface area contributed by atoms with Gasteiger partial charge >= 0.3 is 12.0 Å². The van der Waals surface area contributed by atoms with E-state index in [1.807, 2.05) is 0 Å². The lowest BCUT2D eigenvalue weighted by Crippen LogP contribution is -2.57. The van der Waals surface area contributed by atoms with Crippen molar-refractivity contribution < 1.29 is 19.5 Å². The van der Waals surface area contributed by atoms with E-state index in [4.69, 9.17) is 0 Å². The van der Waals surface area contributed by atoms with E-state index in [-0.39, 0.29) is 11.9 Å². The van der Waals surface area contributed by atoms with Crippen molar-refractivity contribution in [2.75, 3.05) is 26.2 Å². The quantitative estimate of drug-likeness (QED) is 0.807. The zero-order valence-corrected chi connectivity index (χ0v) is 13.0. The number of aliphatic carboxylic acids is 1. The Morgan fingerprint density at radius 3 is 2.05 bits per heavy atom. The summed E-state index contributed by atoms with van der Waals surface area (Å²) in [6, 6.07) is -0.369. The Bertz CT molecular complexity index is 407. The largest absolute Gasteiger partial charge is 0.480 e. The van der Waals surface area contributed by atoms with Crippen LogP contribution < -0.4 is 5.32 Å². The number of carboxylic acids is 1. The number of hydrogen-bond donors (Lipinski definition) is 2. The lowest BCUT2D eigenvalue weighted by Gasteiger charge is -2.31. The molecule has 7 nitrogen and oxygen atoms in total. The molecule has 0 aromatic carbocycles. The van der Waals surface area contributed by atoms with Gasteiger partial charge in [0.05, 0.1) is 0 Å². The first-order chi connectivity index (χ1) is 9.86. The van der Waals surface area contributed by atoms with E-state index in [1.54, 1.807) is 23.6 Å². The maximum atomic E-state index is 12.3. The van der Waals surface area contributed by atoms with Crippen molar-refractivity contribution in [1.82, 2.24) is 15.1 Å². The number of amides is 3. The van der Waals surface area contributed by atoms with Gasteiger partial charge in [0.25, 0.3) is 0 Å². The average Bonchev–Trinajstić information content (AvgIpc) is 2.70. The molecular formula is C14H25N3O4. The van der Waals surface area contributed by atoms with Gasteiger partial charge in [-0.2, -0.15) is 0 Å². The molecule has 0 aromatic rings. The van der Waals surface area contributed by atoms with Crippen LogP contribution in [0, 0.1) is 0 Å². The molecule has 0 bridgehead atoms. The molecule has 3 amide bonds. The molecule has 0 aliphatic carbocycles. The average molecular weight is 299 g/mol. The van der Waals surface area contributed by atoms with Gasteiger partial charge in [-0.1, -0.05) is 13.8 Å². The molecule has 21 heavy (non-hydrogen) atoms. The van der Waals surface area contributed by atoms with Crippen LogP contribution in [0.2, 0.25) is 0 Å². The molecule has 0 spiro atoms. The van der Waals surface area contributed by atoms with Crippen molar-refractivity contribution in [1.29, 1.82) is 0 Å². The molecule has 1 rings (SSSR count). The lowest BCUT2D eigenvalue weighted by molar-refractivity contribution is -0.144.